The molecule has 2 aromatic carbocycles. The molecule has 0 atom stereocenters. The van der Waals surface area contributed by atoms with Crippen LogP contribution in [-0.2, 0) is 0 Å². The minimum absolute atomic E-state index is 0.562. The number of benzene rings is 2. The van der Waals surface area contributed by atoms with E-state index in [-0.39, 0.29) is 0 Å². The lowest BCUT2D eigenvalue weighted by Gasteiger charge is -2.15. The van der Waals surface area contributed by atoms with Gasteiger partial charge in [-0.15, -0.1) is 0 Å². The zero-order valence-corrected chi connectivity index (χ0v) is 15.7. The van der Waals surface area contributed by atoms with Crippen LogP contribution in [0.4, 0.5) is 0 Å². The van der Waals surface area contributed by atoms with Crippen LogP contribution in [0.1, 0.15) is 16.8 Å². The Kier molecular flexibility index (Phi) is 4.80. The highest BCUT2D eigenvalue weighted by Crippen LogP contribution is 2.42. The number of hydrogen-bond donors (Lipinski definition) is 1. The van der Waals surface area contributed by atoms with Gasteiger partial charge in [-0.05, 0) is 42.3 Å². The average Bonchev–Trinajstić information content (AvgIpc) is 3.00. The normalized spacial score (nSPS) is 10.7. The first-order chi connectivity index (χ1) is 12.5. The predicted molar refractivity (Wildman–Crippen MR) is 104 cm³/mol. The van der Waals surface area contributed by atoms with E-state index in [2.05, 4.69) is 11.6 Å². The second-order valence-corrected chi connectivity index (χ2v) is 5.93. The van der Waals surface area contributed by atoms with Crippen LogP contribution in [0.25, 0.3) is 16.5 Å². The van der Waals surface area contributed by atoms with E-state index in [0.717, 1.165) is 39.0 Å². The first kappa shape index (κ1) is 17.7. The number of rotatable bonds is 6. The summed E-state index contributed by atoms with van der Waals surface area (Å²) in [6, 6.07) is 9.78. The second-order valence-electron chi connectivity index (χ2n) is 5.93. The fourth-order valence-corrected chi connectivity index (χ4v) is 3.23. The number of aromatic amines is 1. The highest BCUT2D eigenvalue weighted by molar-refractivity contribution is 5.98. The van der Waals surface area contributed by atoms with Crippen molar-refractivity contribution in [3.63, 3.8) is 0 Å². The maximum atomic E-state index is 5.46. The van der Waals surface area contributed by atoms with E-state index in [0.29, 0.717) is 17.2 Å². The van der Waals surface area contributed by atoms with E-state index in [1.807, 2.05) is 37.3 Å². The number of aryl methyl sites for hydroxylation is 1. The van der Waals surface area contributed by atoms with Crippen molar-refractivity contribution >= 4 is 16.5 Å². The van der Waals surface area contributed by atoms with Crippen molar-refractivity contribution in [2.24, 2.45) is 0 Å². The monoisotopic (exact) mass is 353 g/mol. The van der Waals surface area contributed by atoms with E-state index >= 15 is 0 Å². The average molecular weight is 353 g/mol. The van der Waals surface area contributed by atoms with Gasteiger partial charge in [-0.25, -0.2) is 0 Å². The first-order valence-electron chi connectivity index (χ1n) is 8.20. The Morgan fingerprint density at radius 1 is 0.885 bits per heavy atom. The standard InChI is InChI=1S/C21H23NO4/c1-12(14-9-18(24-4)21(26-6)19(10-14)25-5)20-13(2)22-17-11-15(23-3)7-8-16(17)20/h7-11,22H,1H2,2-6H3. The van der Waals surface area contributed by atoms with E-state index in [9.17, 15) is 0 Å². The van der Waals surface area contributed by atoms with Crippen LogP contribution >= 0.6 is 0 Å². The van der Waals surface area contributed by atoms with Gasteiger partial charge in [-0.3, -0.25) is 0 Å². The molecule has 0 bridgehead atoms. The van der Waals surface area contributed by atoms with Gasteiger partial charge in [0.05, 0.1) is 28.4 Å². The highest BCUT2D eigenvalue weighted by atomic mass is 16.5. The van der Waals surface area contributed by atoms with Crippen molar-refractivity contribution in [1.29, 1.82) is 0 Å². The van der Waals surface area contributed by atoms with Crippen molar-refractivity contribution in [1.82, 2.24) is 4.98 Å². The summed E-state index contributed by atoms with van der Waals surface area (Å²) >= 11 is 0. The van der Waals surface area contributed by atoms with Crippen molar-refractivity contribution in [3.8, 4) is 23.0 Å². The van der Waals surface area contributed by atoms with Crippen LogP contribution in [0.3, 0.4) is 0 Å². The molecule has 0 fully saturated rings. The Morgan fingerprint density at radius 2 is 1.54 bits per heavy atom. The number of hydrogen-bond acceptors (Lipinski definition) is 4. The molecule has 0 amide bonds. The van der Waals surface area contributed by atoms with Crippen LogP contribution < -0.4 is 18.9 Å². The molecule has 0 unspecified atom stereocenters. The van der Waals surface area contributed by atoms with E-state index in [1.54, 1.807) is 28.4 Å². The summed E-state index contributed by atoms with van der Waals surface area (Å²) in [6.45, 7) is 6.36. The molecule has 1 heterocycles. The summed E-state index contributed by atoms with van der Waals surface area (Å²) in [7, 11) is 6.46. The zero-order chi connectivity index (χ0) is 18.8. The molecule has 0 saturated carbocycles. The third-order valence-corrected chi connectivity index (χ3v) is 4.51. The lowest BCUT2D eigenvalue weighted by atomic mass is 9.96. The summed E-state index contributed by atoms with van der Waals surface area (Å²) in [6.07, 6.45) is 0. The zero-order valence-electron chi connectivity index (χ0n) is 15.7. The van der Waals surface area contributed by atoms with E-state index < -0.39 is 0 Å². The van der Waals surface area contributed by atoms with Gasteiger partial charge in [0, 0.05) is 28.2 Å². The largest absolute Gasteiger partial charge is 0.497 e. The molecule has 26 heavy (non-hydrogen) atoms. The molecular weight excluding hydrogens is 330 g/mol. The molecule has 5 heteroatoms. The molecule has 0 aliphatic rings. The van der Waals surface area contributed by atoms with E-state index in [1.165, 1.54) is 0 Å². The third-order valence-electron chi connectivity index (χ3n) is 4.51. The Labute approximate surface area is 153 Å². The minimum Gasteiger partial charge on any atom is -0.497 e. The third kappa shape index (κ3) is 2.86. The first-order valence-corrected chi connectivity index (χ1v) is 8.20. The summed E-state index contributed by atoms with van der Waals surface area (Å²) < 4.78 is 21.6. The van der Waals surface area contributed by atoms with Gasteiger partial charge in [0.25, 0.3) is 0 Å². The van der Waals surface area contributed by atoms with Gasteiger partial charge in [0.1, 0.15) is 5.75 Å². The number of aromatic nitrogens is 1. The lowest BCUT2D eigenvalue weighted by molar-refractivity contribution is 0.324. The molecule has 5 nitrogen and oxygen atoms in total. The van der Waals surface area contributed by atoms with Crippen LogP contribution in [0.2, 0.25) is 0 Å². The minimum atomic E-state index is 0.562. The number of ether oxygens (including phenoxy) is 4. The SMILES string of the molecule is C=C(c1cc(OC)c(OC)c(OC)c1)c1c(C)[nH]c2cc(OC)ccc12. The summed E-state index contributed by atoms with van der Waals surface area (Å²) in [5, 5.41) is 1.09. The Morgan fingerprint density at radius 3 is 2.08 bits per heavy atom. The molecular formula is C21H23NO4. The van der Waals surface area contributed by atoms with Crippen LogP contribution in [0.5, 0.6) is 23.0 Å². The van der Waals surface area contributed by atoms with Crippen molar-refractivity contribution in [2.45, 2.75) is 6.92 Å². The number of fused-ring (bicyclic) bond motifs is 1. The Bertz CT molecular complexity index is 947. The maximum absolute atomic E-state index is 5.46. The van der Waals surface area contributed by atoms with Crippen LogP contribution in [0.15, 0.2) is 36.9 Å². The summed E-state index contributed by atoms with van der Waals surface area (Å²) in [4.78, 5) is 3.40. The van der Waals surface area contributed by atoms with Crippen molar-refractivity contribution in [2.75, 3.05) is 28.4 Å². The fourth-order valence-electron chi connectivity index (χ4n) is 3.23. The van der Waals surface area contributed by atoms with Crippen molar-refractivity contribution < 1.29 is 18.9 Å². The van der Waals surface area contributed by atoms with Gasteiger partial charge < -0.3 is 23.9 Å². The number of H-pyrrole nitrogens is 1. The second kappa shape index (κ2) is 7.04. The lowest BCUT2D eigenvalue weighted by Crippen LogP contribution is -1.97. The van der Waals surface area contributed by atoms with Crippen molar-refractivity contribution in [3.05, 3.63) is 53.7 Å². The molecule has 0 saturated heterocycles. The van der Waals surface area contributed by atoms with Gasteiger partial charge in [-0.2, -0.15) is 0 Å². The van der Waals surface area contributed by atoms with Gasteiger partial charge in [0.2, 0.25) is 5.75 Å². The smallest absolute Gasteiger partial charge is 0.203 e. The summed E-state index contributed by atoms with van der Waals surface area (Å²) in [5.41, 5.74) is 4.87. The highest BCUT2D eigenvalue weighted by Gasteiger charge is 2.18. The van der Waals surface area contributed by atoms with Gasteiger partial charge >= 0.3 is 0 Å². The maximum Gasteiger partial charge on any atom is 0.203 e. The topological polar surface area (TPSA) is 52.7 Å². The Balaban J connectivity index is 2.15. The molecule has 1 N–H and O–H groups in total. The molecule has 3 aromatic rings. The van der Waals surface area contributed by atoms with E-state index in [4.69, 9.17) is 18.9 Å². The fraction of sp³-hybridized carbons (Fsp3) is 0.238. The number of methoxy groups -OCH3 is 4. The number of nitrogens with one attached hydrogen (secondary N) is 1. The molecule has 0 aliphatic heterocycles. The van der Waals surface area contributed by atoms with Gasteiger partial charge in [0.15, 0.2) is 11.5 Å². The molecule has 0 radical (unpaired) electrons. The Hall–Kier alpha value is -3.08. The molecule has 136 valence electrons. The summed E-state index contributed by atoms with van der Waals surface area (Å²) in [5.74, 6) is 2.57. The van der Waals surface area contributed by atoms with Crippen LogP contribution in [0, 0.1) is 6.92 Å². The molecule has 0 spiro atoms. The quantitative estimate of drug-likeness (QED) is 0.705. The van der Waals surface area contributed by atoms with Crippen LogP contribution in [-0.4, -0.2) is 33.4 Å². The predicted octanol–water partition coefficient (Wildman–Crippen LogP) is 4.57. The molecule has 3 rings (SSSR count). The van der Waals surface area contributed by atoms with Gasteiger partial charge in [-0.1, -0.05) is 6.58 Å². The molecule has 0 aliphatic carbocycles. The molecule has 1 aromatic heterocycles.